The molecule has 0 saturated carbocycles. The molecule has 2 N–H and O–H groups in total. The number of allylic oxidation sites excluding steroid dienone is 1. The minimum absolute atomic E-state index is 0.0222. The molecule has 0 fully saturated rings. The Kier molecular flexibility index (Phi) is 7.09. The maximum absolute atomic E-state index is 11.6. The topological polar surface area (TPSA) is 150 Å². The Morgan fingerprint density at radius 3 is 2.91 bits per heavy atom. The predicted molar refractivity (Wildman–Crippen MR) is 120 cm³/mol. The number of rotatable bonds is 10. The van der Waals surface area contributed by atoms with Crippen molar-refractivity contribution < 1.29 is 14.8 Å². The molecule has 0 aliphatic heterocycles. The lowest BCUT2D eigenvalue weighted by Gasteiger charge is -2.34. The van der Waals surface area contributed by atoms with Crippen molar-refractivity contribution in [1.29, 1.82) is 0 Å². The van der Waals surface area contributed by atoms with Crippen LogP contribution < -0.4 is 4.74 Å². The highest BCUT2D eigenvalue weighted by Crippen LogP contribution is 2.38. The molecular formula is C22H24N6O4. The summed E-state index contributed by atoms with van der Waals surface area (Å²) in [5.41, 5.74) is 9.30. The molecule has 2 aromatic heterocycles. The van der Waals surface area contributed by atoms with E-state index in [-0.39, 0.29) is 24.7 Å². The predicted octanol–water partition coefficient (Wildman–Crippen LogP) is 5.02. The molecule has 3 rings (SSSR count). The standard InChI is InChI=1S/C22H24N6O4/c1-3-15(14-32-21-19(28(30)31)9-6-11-24-21)17(10-12-25-27-23)22(2,29)20-13-16-7-4-5-8-18(16)26-20/h3-9,11,13,17,26,29H,10,12,14H2,1-2H3/b15-3-. The molecule has 0 aliphatic carbocycles. The fourth-order valence-corrected chi connectivity index (χ4v) is 3.76. The van der Waals surface area contributed by atoms with Gasteiger partial charge in [0.2, 0.25) is 0 Å². The first-order chi connectivity index (χ1) is 15.4. The molecule has 2 heterocycles. The fraction of sp³-hybridized carbons (Fsp3) is 0.318. The minimum atomic E-state index is -1.36. The molecule has 32 heavy (non-hydrogen) atoms. The van der Waals surface area contributed by atoms with E-state index in [0.29, 0.717) is 17.7 Å². The third kappa shape index (κ3) is 4.88. The number of hydrogen-bond donors (Lipinski definition) is 2. The number of aliphatic hydroxyl groups is 1. The molecule has 3 aromatic rings. The van der Waals surface area contributed by atoms with E-state index in [4.69, 9.17) is 10.3 Å². The number of azide groups is 1. The number of ether oxygens (including phenoxy) is 1. The number of para-hydroxylation sites is 1. The number of aromatic nitrogens is 2. The molecule has 2 unspecified atom stereocenters. The van der Waals surface area contributed by atoms with Gasteiger partial charge in [0, 0.05) is 40.8 Å². The normalized spacial score (nSPS) is 14.4. The van der Waals surface area contributed by atoms with Crippen LogP contribution in [0.1, 0.15) is 26.0 Å². The SMILES string of the molecule is C/C=C(/COc1ncccc1[N+](=O)[O-])C(CCN=[N+]=[N-])C(C)(O)c1cc2ccccc2[nH]1. The van der Waals surface area contributed by atoms with E-state index in [9.17, 15) is 15.2 Å². The lowest BCUT2D eigenvalue weighted by Crippen LogP contribution is -2.35. The van der Waals surface area contributed by atoms with Crippen LogP contribution in [0.15, 0.2) is 65.4 Å². The van der Waals surface area contributed by atoms with Gasteiger partial charge in [0.1, 0.15) is 12.2 Å². The van der Waals surface area contributed by atoms with Crippen LogP contribution >= 0.6 is 0 Å². The highest BCUT2D eigenvalue weighted by molar-refractivity contribution is 5.80. The van der Waals surface area contributed by atoms with Crippen LogP contribution in [0.5, 0.6) is 5.88 Å². The number of pyridine rings is 1. The number of nitrogens with zero attached hydrogens (tertiary/aromatic N) is 5. The summed E-state index contributed by atoms with van der Waals surface area (Å²) in [6.45, 7) is 3.63. The van der Waals surface area contributed by atoms with Crippen molar-refractivity contribution in [2.24, 2.45) is 11.0 Å². The Labute approximate surface area is 184 Å². The van der Waals surface area contributed by atoms with Crippen molar-refractivity contribution in [3.63, 3.8) is 0 Å². The second kappa shape index (κ2) is 9.95. The molecule has 0 aliphatic rings. The average Bonchev–Trinajstić information content (AvgIpc) is 3.23. The molecule has 0 spiro atoms. The van der Waals surface area contributed by atoms with Gasteiger partial charge >= 0.3 is 5.69 Å². The summed E-state index contributed by atoms with van der Waals surface area (Å²) in [6.07, 6.45) is 3.56. The lowest BCUT2D eigenvalue weighted by atomic mass is 9.78. The summed E-state index contributed by atoms with van der Waals surface area (Å²) < 4.78 is 5.68. The van der Waals surface area contributed by atoms with Crippen molar-refractivity contribution in [2.45, 2.75) is 25.9 Å². The first-order valence-electron chi connectivity index (χ1n) is 10.1. The fourth-order valence-electron chi connectivity index (χ4n) is 3.76. The van der Waals surface area contributed by atoms with Crippen LogP contribution in [0.3, 0.4) is 0 Å². The van der Waals surface area contributed by atoms with E-state index >= 15 is 0 Å². The molecule has 0 saturated heterocycles. The molecule has 10 heteroatoms. The average molecular weight is 436 g/mol. The Hall–Kier alpha value is -3.88. The first-order valence-corrected chi connectivity index (χ1v) is 10.1. The van der Waals surface area contributed by atoms with Gasteiger partial charge in [-0.05, 0) is 55.0 Å². The van der Waals surface area contributed by atoms with Crippen LogP contribution in [-0.2, 0) is 5.60 Å². The zero-order chi connectivity index (χ0) is 23.1. The molecule has 1 aromatic carbocycles. The van der Waals surface area contributed by atoms with Crippen LogP contribution in [0.2, 0.25) is 0 Å². The van der Waals surface area contributed by atoms with Crippen LogP contribution in [-0.4, -0.2) is 33.1 Å². The van der Waals surface area contributed by atoms with Crippen molar-refractivity contribution in [1.82, 2.24) is 9.97 Å². The Morgan fingerprint density at radius 1 is 1.44 bits per heavy atom. The smallest absolute Gasteiger partial charge is 0.330 e. The maximum atomic E-state index is 11.6. The largest absolute Gasteiger partial charge is 0.468 e. The van der Waals surface area contributed by atoms with E-state index in [1.807, 2.05) is 30.3 Å². The Bertz CT molecular complexity index is 1150. The minimum Gasteiger partial charge on any atom is -0.468 e. The summed E-state index contributed by atoms with van der Waals surface area (Å²) in [4.78, 5) is 20.7. The second-order valence-corrected chi connectivity index (χ2v) is 7.45. The summed E-state index contributed by atoms with van der Waals surface area (Å²) in [5, 5.41) is 27.4. The Balaban J connectivity index is 1.92. The van der Waals surface area contributed by atoms with Gasteiger partial charge in [-0.2, -0.15) is 0 Å². The van der Waals surface area contributed by atoms with Crippen molar-refractivity contribution >= 4 is 16.6 Å². The van der Waals surface area contributed by atoms with Crippen molar-refractivity contribution in [3.05, 3.63) is 86.6 Å². The number of H-pyrrole nitrogens is 1. The summed E-state index contributed by atoms with van der Waals surface area (Å²) in [7, 11) is 0. The highest BCUT2D eigenvalue weighted by Gasteiger charge is 2.37. The van der Waals surface area contributed by atoms with E-state index in [1.54, 1.807) is 19.9 Å². The molecule has 0 radical (unpaired) electrons. The van der Waals surface area contributed by atoms with Crippen LogP contribution in [0, 0.1) is 16.0 Å². The Morgan fingerprint density at radius 2 is 2.22 bits per heavy atom. The second-order valence-electron chi connectivity index (χ2n) is 7.45. The van der Waals surface area contributed by atoms with Gasteiger partial charge in [0.25, 0.3) is 5.88 Å². The molecule has 10 nitrogen and oxygen atoms in total. The van der Waals surface area contributed by atoms with E-state index in [1.165, 1.54) is 18.3 Å². The van der Waals surface area contributed by atoms with E-state index < -0.39 is 16.4 Å². The third-order valence-corrected chi connectivity index (χ3v) is 5.48. The number of aromatic amines is 1. The number of nitro groups is 1. The number of fused-ring (bicyclic) bond motifs is 1. The van der Waals surface area contributed by atoms with E-state index in [2.05, 4.69) is 20.0 Å². The molecule has 166 valence electrons. The molecule has 2 atom stereocenters. The lowest BCUT2D eigenvalue weighted by molar-refractivity contribution is -0.386. The molecule has 0 amide bonds. The maximum Gasteiger partial charge on any atom is 0.330 e. The third-order valence-electron chi connectivity index (χ3n) is 5.48. The zero-order valence-corrected chi connectivity index (χ0v) is 17.8. The summed E-state index contributed by atoms with van der Waals surface area (Å²) in [5.74, 6) is -0.593. The van der Waals surface area contributed by atoms with Gasteiger partial charge in [0.15, 0.2) is 0 Å². The van der Waals surface area contributed by atoms with Gasteiger partial charge < -0.3 is 14.8 Å². The van der Waals surface area contributed by atoms with Crippen LogP contribution in [0.4, 0.5) is 5.69 Å². The summed E-state index contributed by atoms with van der Waals surface area (Å²) in [6, 6.07) is 12.3. The van der Waals surface area contributed by atoms with Crippen molar-refractivity contribution in [3.8, 4) is 5.88 Å². The van der Waals surface area contributed by atoms with E-state index in [0.717, 1.165) is 10.9 Å². The van der Waals surface area contributed by atoms with Gasteiger partial charge in [-0.1, -0.05) is 29.4 Å². The van der Waals surface area contributed by atoms with Crippen LogP contribution in [0.25, 0.3) is 21.3 Å². The van der Waals surface area contributed by atoms with Gasteiger partial charge in [0.05, 0.1) is 4.92 Å². The number of hydrogen-bond acceptors (Lipinski definition) is 6. The van der Waals surface area contributed by atoms with Gasteiger partial charge in [-0.25, -0.2) is 4.98 Å². The van der Waals surface area contributed by atoms with Gasteiger partial charge in [-0.3, -0.25) is 10.1 Å². The highest BCUT2D eigenvalue weighted by atomic mass is 16.6. The molecule has 0 bridgehead atoms. The zero-order valence-electron chi connectivity index (χ0n) is 17.8. The monoisotopic (exact) mass is 436 g/mol. The first kappa shape index (κ1) is 22.8. The van der Waals surface area contributed by atoms with Gasteiger partial charge in [-0.15, -0.1) is 0 Å². The molecular weight excluding hydrogens is 412 g/mol. The van der Waals surface area contributed by atoms with Crippen molar-refractivity contribution in [2.75, 3.05) is 13.2 Å². The summed E-state index contributed by atoms with van der Waals surface area (Å²) >= 11 is 0. The number of benzene rings is 1. The number of nitrogens with one attached hydrogen (secondary N) is 1. The quantitative estimate of drug-likeness (QED) is 0.114.